The van der Waals surface area contributed by atoms with Gasteiger partial charge < -0.3 is 10.1 Å². The van der Waals surface area contributed by atoms with E-state index in [0.29, 0.717) is 30.1 Å². The van der Waals surface area contributed by atoms with Crippen LogP contribution < -0.4 is 5.32 Å². The monoisotopic (exact) mass is 361 g/mol. The molecule has 0 saturated carbocycles. The van der Waals surface area contributed by atoms with E-state index in [-0.39, 0.29) is 11.0 Å². The second-order valence-electron chi connectivity index (χ2n) is 6.19. The molecule has 2 rings (SSSR count). The summed E-state index contributed by atoms with van der Waals surface area (Å²) in [5.74, 6) is -0.977. The van der Waals surface area contributed by atoms with E-state index in [2.05, 4.69) is 35.1 Å². The van der Waals surface area contributed by atoms with Gasteiger partial charge in [-0.25, -0.2) is 8.78 Å². The highest BCUT2D eigenvalue weighted by Gasteiger charge is 2.35. The van der Waals surface area contributed by atoms with Crippen molar-refractivity contribution in [1.82, 2.24) is 5.32 Å². The first kappa shape index (κ1) is 16.8. The molecule has 1 N–H and O–H groups in total. The van der Waals surface area contributed by atoms with Gasteiger partial charge in [-0.1, -0.05) is 13.8 Å². The lowest BCUT2D eigenvalue weighted by molar-refractivity contribution is -0.00882. The summed E-state index contributed by atoms with van der Waals surface area (Å²) in [4.78, 5) is 0. The van der Waals surface area contributed by atoms with E-state index in [9.17, 15) is 8.78 Å². The van der Waals surface area contributed by atoms with Crippen molar-refractivity contribution in [2.45, 2.75) is 39.2 Å². The molecule has 0 amide bonds. The summed E-state index contributed by atoms with van der Waals surface area (Å²) in [6.07, 6.45) is 2.19. The number of hydrogen-bond donors (Lipinski definition) is 1. The van der Waals surface area contributed by atoms with Gasteiger partial charge in [0.15, 0.2) is 0 Å². The van der Waals surface area contributed by atoms with Crippen molar-refractivity contribution in [3.8, 4) is 0 Å². The van der Waals surface area contributed by atoms with E-state index in [1.165, 1.54) is 12.1 Å². The minimum Gasteiger partial charge on any atom is -0.381 e. The van der Waals surface area contributed by atoms with Crippen LogP contribution in [-0.2, 0) is 11.2 Å². The number of ether oxygens (including phenoxy) is 1. The summed E-state index contributed by atoms with van der Waals surface area (Å²) in [5.41, 5.74) is -0.0919. The summed E-state index contributed by atoms with van der Waals surface area (Å²) in [7, 11) is 0. The van der Waals surface area contributed by atoms with Crippen LogP contribution in [0.1, 0.15) is 32.3 Å². The molecule has 0 bridgehead atoms. The van der Waals surface area contributed by atoms with Gasteiger partial charge in [0.25, 0.3) is 0 Å². The lowest BCUT2D eigenvalue weighted by Gasteiger charge is -2.38. The molecule has 118 valence electrons. The molecule has 0 spiro atoms. The minimum absolute atomic E-state index is 0.153. The van der Waals surface area contributed by atoms with Gasteiger partial charge in [-0.3, -0.25) is 0 Å². The predicted molar refractivity (Wildman–Crippen MR) is 83.4 cm³/mol. The first-order chi connectivity index (χ1) is 9.93. The molecule has 2 nitrogen and oxygen atoms in total. The van der Waals surface area contributed by atoms with Gasteiger partial charge in [0.2, 0.25) is 0 Å². The molecule has 1 atom stereocenters. The van der Waals surface area contributed by atoms with E-state index in [4.69, 9.17) is 4.74 Å². The fourth-order valence-electron chi connectivity index (χ4n) is 2.78. The van der Waals surface area contributed by atoms with Crippen LogP contribution in [0.15, 0.2) is 16.6 Å². The lowest BCUT2D eigenvalue weighted by atomic mass is 9.76. The third kappa shape index (κ3) is 4.24. The summed E-state index contributed by atoms with van der Waals surface area (Å²) in [6, 6.07) is 3.06. The van der Waals surface area contributed by atoms with Crippen molar-refractivity contribution in [2.24, 2.45) is 5.41 Å². The maximum Gasteiger partial charge on any atom is 0.143 e. The van der Waals surface area contributed by atoms with Crippen LogP contribution in [0.3, 0.4) is 0 Å². The topological polar surface area (TPSA) is 21.3 Å². The van der Waals surface area contributed by atoms with Crippen molar-refractivity contribution in [2.75, 3.05) is 19.8 Å². The van der Waals surface area contributed by atoms with Gasteiger partial charge >= 0.3 is 0 Å². The zero-order chi connectivity index (χ0) is 15.5. The molecule has 1 fully saturated rings. The molecule has 1 aliphatic heterocycles. The second-order valence-corrected chi connectivity index (χ2v) is 7.04. The van der Waals surface area contributed by atoms with E-state index in [0.717, 1.165) is 19.4 Å². The molecule has 1 aromatic carbocycles. The Morgan fingerprint density at radius 1 is 1.38 bits per heavy atom. The molecular weight excluding hydrogens is 340 g/mol. The van der Waals surface area contributed by atoms with Crippen LogP contribution in [0, 0.1) is 17.0 Å². The molecule has 1 aromatic rings. The molecular formula is C16H22BrF2NO. The van der Waals surface area contributed by atoms with Crippen molar-refractivity contribution >= 4 is 15.9 Å². The van der Waals surface area contributed by atoms with Crippen LogP contribution in [-0.4, -0.2) is 25.8 Å². The Hall–Kier alpha value is -0.520. The highest BCUT2D eigenvalue weighted by molar-refractivity contribution is 9.10. The molecule has 0 aromatic heterocycles. The molecule has 5 heteroatoms. The molecule has 1 saturated heterocycles. The number of halogens is 3. The Kier molecular flexibility index (Phi) is 5.74. The van der Waals surface area contributed by atoms with Crippen molar-refractivity contribution in [1.29, 1.82) is 0 Å². The SMILES string of the molecule is CC(C)NCC1(Cc2c(F)ccc(Br)c2F)CCCOC1. The Morgan fingerprint density at radius 3 is 2.76 bits per heavy atom. The summed E-state index contributed by atoms with van der Waals surface area (Å²) < 4.78 is 34.2. The number of nitrogens with one attached hydrogen (secondary N) is 1. The van der Waals surface area contributed by atoms with Gasteiger partial charge in [0, 0.05) is 30.2 Å². The predicted octanol–water partition coefficient (Wildman–Crippen LogP) is 4.06. The highest BCUT2D eigenvalue weighted by atomic mass is 79.9. The maximum absolute atomic E-state index is 14.2. The molecule has 1 heterocycles. The highest BCUT2D eigenvalue weighted by Crippen LogP contribution is 2.35. The van der Waals surface area contributed by atoms with Crippen LogP contribution in [0.2, 0.25) is 0 Å². The first-order valence-electron chi connectivity index (χ1n) is 7.37. The first-order valence-corrected chi connectivity index (χ1v) is 8.16. The Balaban J connectivity index is 2.24. The van der Waals surface area contributed by atoms with E-state index >= 15 is 0 Å². The lowest BCUT2D eigenvalue weighted by Crippen LogP contribution is -2.44. The van der Waals surface area contributed by atoms with E-state index in [1.54, 1.807) is 0 Å². The van der Waals surface area contributed by atoms with Gasteiger partial charge in [0.05, 0.1) is 11.1 Å². The zero-order valence-corrected chi connectivity index (χ0v) is 14.1. The van der Waals surface area contributed by atoms with Crippen molar-refractivity contribution in [3.63, 3.8) is 0 Å². The Morgan fingerprint density at radius 2 is 2.14 bits per heavy atom. The third-order valence-corrected chi connectivity index (χ3v) is 4.59. The van der Waals surface area contributed by atoms with Crippen LogP contribution in [0.4, 0.5) is 8.78 Å². The standard InChI is InChI=1S/C16H22BrF2NO/c1-11(2)20-9-16(6-3-7-21-10-16)8-12-14(18)5-4-13(17)15(12)19/h4-5,11,20H,3,6-10H2,1-2H3. The zero-order valence-electron chi connectivity index (χ0n) is 12.5. The Bertz CT molecular complexity index is 487. The molecule has 1 unspecified atom stereocenters. The van der Waals surface area contributed by atoms with E-state index in [1.807, 2.05) is 0 Å². The quantitative estimate of drug-likeness (QED) is 0.798. The molecule has 1 aliphatic rings. The second kappa shape index (κ2) is 7.16. The van der Waals surface area contributed by atoms with Crippen LogP contribution >= 0.6 is 15.9 Å². The summed E-state index contributed by atoms with van der Waals surface area (Å²) >= 11 is 3.14. The average Bonchev–Trinajstić information content (AvgIpc) is 2.47. The molecule has 21 heavy (non-hydrogen) atoms. The molecule has 0 radical (unpaired) electrons. The number of benzene rings is 1. The van der Waals surface area contributed by atoms with Gasteiger partial charge in [0.1, 0.15) is 11.6 Å². The van der Waals surface area contributed by atoms with E-state index < -0.39 is 11.6 Å². The van der Waals surface area contributed by atoms with Gasteiger partial charge in [-0.05, 0) is 47.3 Å². The summed E-state index contributed by atoms with van der Waals surface area (Å²) in [5, 5.41) is 3.39. The summed E-state index contributed by atoms with van der Waals surface area (Å²) in [6.45, 7) is 6.11. The van der Waals surface area contributed by atoms with Gasteiger partial charge in [-0.15, -0.1) is 0 Å². The van der Waals surface area contributed by atoms with Crippen LogP contribution in [0.25, 0.3) is 0 Å². The smallest absolute Gasteiger partial charge is 0.143 e. The fraction of sp³-hybridized carbons (Fsp3) is 0.625. The fourth-order valence-corrected chi connectivity index (χ4v) is 3.15. The van der Waals surface area contributed by atoms with Crippen molar-refractivity contribution in [3.05, 3.63) is 33.8 Å². The average molecular weight is 362 g/mol. The van der Waals surface area contributed by atoms with Gasteiger partial charge in [-0.2, -0.15) is 0 Å². The third-order valence-electron chi connectivity index (χ3n) is 3.98. The van der Waals surface area contributed by atoms with Crippen LogP contribution in [0.5, 0.6) is 0 Å². The molecule has 0 aliphatic carbocycles. The minimum atomic E-state index is -0.496. The number of hydrogen-bond acceptors (Lipinski definition) is 2. The maximum atomic E-state index is 14.2. The normalized spacial score (nSPS) is 22.8. The largest absolute Gasteiger partial charge is 0.381 e. The van der Waals surface area contributed by atoms with Crippen molar-refractivity contribution < 1.29 is 13.5 Å². The number of rotatable bonds is 5. The Labute approximate surface area is 133 Å².